The zero-order valence-corrected chi connectivity index (χ0v) is 12.9. The highest BCUT2D eigenvalue weighted by Crippen LogP contribution is 2.23. The molecule has 3 nitrogen and oxygen atoms in total. The lowest BCUT2D eigenvalue weighted by molar-refractivity contribution is 0.317. The van der Waals surface area contributed by atoms with E-state index >= 15 is 0 Å². The van der Waals surface area contributed by atoms with Crippen molar-refractivity contribution in [3.63, 3.8) is 0 Å². The van der Waals surface area contributed by atoms with Gasteiger partial charge in [0.25, 0.3) is 0 Å². The second-order valence-electron chi connectivity index (χ2n) is 5.06. The fraction of sp³-hybridized carbons (Fsp3) is 0.389. The lowest BCUT2D eigenvalue weighted by atomic mass is 10.0. The van der Waals surface area contributed by atoms with E-state index in [4.69, 9.17) is 4.74 Å². The Hall–Kier alpha value is -1.87. The predicted molar refractivity (Wildman–Crippen MR) is 86.6 cm³/mol. The SMILES string of the molecule is CCCNC(c1ccc(OCCC)cc1)c1ccccn1. The number of hydrogen-bond donors (Lipinski definition) is 1. The molecule has 2 aromatic rings. The van der Waals surface area contributed by atoms with Gasteiger partial charge in [-0.05, 0) is 49.2 Å². The molecule has 0 fully saturated rings. The van der Waals surface area contributed by atoms with Crippen molar-refractivity contribution in [1.29, 1.82) is 0 Å². The molecule has 0 spiro atoms. The van der Waals surface area contributed by atoms with Crippen LogP contribution in [0.3, 0.4) is 0 Å². The van der Waals surface area contributed by atoms with Crippen LogP contribution >= 0.6 is 0 Å². The molecule has 1 unspecified atom stereocenters. The summed E-state index contributed by atoms with van der Waals surface area (Å²) in [4.78, 5) is 4.49. The Labute approximate surface area is 127 Å². The van der Waals surface area contributed by atoms with Gasteiger partial charge < -0.3 is 10.1 Å². The highest BCUT2D eigenvalue weighted by atomic mass is 16.5. The smallest absolute Gasteiger partial charge is 0.119 e. The van der Waals surface area contributed by atoms with Crippen LogP contribution in [-0.2, 0) is 0 Å². The molecular weight excluding hydrogens is 260 g/mol. The molecule has 1 aromatic heterocycles. The van der Waals surface area contributed by atoms with Crippen molar-refractivity contribution < 1.29 is 4.74 Å². The molecule has 0 radical (unpaired) electrons. The average Bonchev–Trinajstić information content (AvgIpc) is 2.55. The molecule has 0 amide bonds. The first kappa shape index (κ1) is 15.5. The van der Waals surface area contributed by atoms with Crippen LogP contribution in [0.1, 0.15) is 44.0 Å². The van der Waals surface area contributed by atoms with E-state index in [-0.39, 0.29) is 6.04 Å². The third-order valence-corrected chi connectivity index (χ3v) is 3.27. The third kappa shape index (κ3) is 4.57. The largest absolute Gasteiger partial charge is 0.494 e. The molecule has 0 bridgehead atoms. The van der Waals surface area contributed by atoms with Crippen molar-refractivity contribution in [2.24, 2.45) is 0 Å². The van der Waals surface area contributed by atoms with Gasteiger partial charge in [-0.25, -0.2) is 0 Å². The number of aromatic nitrogens is 1. The maximum atomic E-state index is 5.64. The minimum Gasteiger partial charge on any atom is -0.494 e. The average molecular weight is 284 g/mol. The van der Waals surface area contributed by atoms with E-state index < -0.39 is 0 Å². The molecule has 0 saturated carbocycles. The highest BCUT2D eigenvalue weighted by molar-refractivity contribution is 5.33. The van der Waals surface area contributed by atoms with Gasteiger partial charge in [-0.3, -0.25) is 4.98 Å². The second kappa shape index (κ2) is 8.42. The van der Waals surface area contributed by atoms with Crippen LogP contribution in [0.25, 0.3) is 0 Å². The van der Waals surface area contributed by atoms with Crippen LogP contribution in [0.15, 0.2) is 48.7 Å². The summed E-state index contributed by atoms with van der Waals surface area (Å²) in [6.45, 7) is 6.01. The van der Waals surface area contributed by atoms with Gasteiger partial charge in [0.2, 0.25) is 0 Å². The first-order valence-corrected chi connectivity index (χ1v) is 7.72. The van der Waals surface area contributed by atoms with Crippen LogP contribution in [0.5, 0.6) is 5.75 Å². The third-order valence-electron chi connectivity index (χ3n) is 3.27. The Balaban J connectivity index is 2.16. The molecule has 1 N–H and O–H groups in total. The summed E-state index contributed by atoms with van der Waals surface area (Å²) in [6, 6.07) is 14.5. The van der Waals surface area contributed by atoms with Crippen LogP contribution in [-0.4, -0.2) is 18.1 Å². The van der Waals surface area contributed by atoms with Crippen molar-refractivity contribution >= 4 is 0 Å². The second-order valence-corrected chi connectivity index (χ2v) is 5.06. The number of benzene rings is 1. The highest BCUT2D eigenvalue weighted by Gasteiger charge is 2.14. The fourth-order valence-electron chi connectivity index (χ4n) is 2.20. The van der Waals surface area contributed by atoms with E-state index in [1.807, 2.05) is 30.5 Å². The quantitative estimate of drug-likeness (QED) is 0.796. The molecule has 3 heteroatoms. The number of nitrogens with one attached hydrogen (secondary N) is 1. The fourth-order valence-corrected chi connectivity index (χ4v) is 2.20. The monoisotopic (exact) mass is 284 g/mol. The number of hydrogen-bond acceptors (Lipinski definition) is 3. The molecule has 1 aromatic carbocycles. The van der Waals surface area contributed by atoms with Crippen LogP contribution < -0.4 is 10.1 Å². The Kier molecular flexibility index (Phi) is 6.22. The maximum absolute atomic E-state index is 5.64. The Morgan fingerprint density at radius 1 is 1.05 bits per heavy atom. The van der Waals surface area contributed by atoms with E-state index in [0.717, 1.165) is 37.4 Å². The Morgan fingerprint density at radius 3 is 2.48 bits per heavy atom. The molecule has 0 aliphatic carbocycles. The molecular formula is C18H24N2O. The van der Waals surface area contributed by atoms with Crippen LogP contribution in [0, 0.1) is 0 Å². The first-order valence-electron chi connectivity index (χ1n) is 7.72. The molecule has 0 aliphatic rings. The van der Waals surface area contributed by atoms with Gasteiger partial charge in [-0.15, -0.1) is 0 Å². The van der Waals surface area contributed by atoms with Crippen LogP contribution in [0.2, 0.25) is 0 Å². The lowest BCUT2D eigenvalue weighted by Gasteiger charge is -2.19. The molecule has 21 heavy (non-hydrogen) atoms. The van der Waals surface area contributed by atoms with Gasteiger partial charge in [-0.2, -0.15) is 0 Å². The summed E-state index contributed by atoms with van der Waals surface area (Å²) >= 11 is 0. The van der Waals surface area contributed by atoms with Gasteiger partial charge in [-0.1, -0.05) is 32.0 Å². The van der Waals surface area contributed by atoms with Gasteiger partial charge in [0.15, 0.2) is 0 Å². The number of rotatable bonds is 8. The Bertz CT molecular complexity index is 511. The maximum Gasteiger partial charge on any atom is 0.119 e. The van der Waals surface area contributed by atoms with Crippen molar-refractivity contribution in [1.82, 2.24) is 10.3 Å². The van der Waals surface area contributed by atoms with Crippen molar-refractivity contribution in [3.05, 3.63) is 59.9 Å². The molecule has 0 aliphatic heterocycles. The van der Waals surface area contributed by atoms with Gasteiger partial charge >= 0.3 is 0 Å². The Morgan fingerprint density at radius 2 is 1.86 bits per heavy atom. The summed E-state index contributed by atoms with van der Waals surface area (Å²) in [6.07, 6.45) is 3.96. The summed E-state index contributed by atoms with van der Waals surface area (Å²) < 4.78 is 5.64. The number of nitrogens with zero attached hydrogens (tertiary/aromatic N) is 1. The van der Waals surface area contributed by atoms with Gasteiger partial charge in [0.1, 0.15) is 5.75 Å². The normalized spacial score (nSPS) is 12.1. The predicted octanol–water partition coefficient (Wildman–Crippen LogP) is 3.96. The van der Waals surface area contributed by atoms with Crippen LogP contribution in [0.4, 0.5) is 0 Å². The summed E-state index contributed by atoms with van der Waals surface area (Å²) in [5.41, 5.74) is 2.26. The summed E-state index contributed by atoms with van der Waals surface area (Å²) in [5, 5.41) is 3.56. The van der Waals surface area contributed by atoms with Crippen molar-refractivity contribution in [2.45, 2.75) is 32.7 Å². The summed E-state index contributed by atoms with van der Waals surface area (Å²) in [5.74, 6) is 0.927. The standard InChI is InChI=1S/C18H24N2O/c1-3-12-20-18(17-7-5-6-13-19-17)15-8-10-16(11-9-15)21-14-4-2/h5-11,13,18,20H,3-4,12,14H2,1-2H3. The van der Waals surface area contributed by atoms with Crippen molar-refractivity contribution in [3.8, 4) is 5.75 Å². The number of ether oxygens (including phenoxy) is 1. The van der Waals surface area contributed by atoms with E-state index in [1.165, 1.54) is 5.56 Å². The van der Waals surface area contributed by atoms with Gasteiger partial charge in [0, 0.05) is 6.20 Å². The molecule has 1 atom stereocenters. The molecule has 2 rings (SSSR count). The molecule has 1 heterocycles. The topological polar surface area (TPSA) is 34.1 Å². The molecule has 0 saturated heterocycles. The van der Waals surface area contributed by atoms with E-state index in [2.05, 4.69) is 42.3 Å². The van der Waals surface area contributed by atoms with E-state index in [9.17, 15) is 0 Å². The van der Waals surface area contributed by atoms with Gasteiger partial charge in [0.05, 0.1) is 18.3 Å². The first-order chi connectivity index (χ1) is 10.3. The lowest BCUT2D eigenvalue weighted by Crippen LogP contribution is -2.24. The molecule has 112 valence electrons. The summed E-state index contributed by atoms with van der Waals surface area (Å²) in [7, 11) is 0. The minimum atomic E-state index is 0.131. The van der Waals surface area contributed by atoms with E-state index in [0.29, 0.717) is 0 Å². The minimum absolute atomic E-state index is 0.131. The number of pyridine rings is 1. The zero-order chi connectivity index (χ0) is 14.9. The van der Waals surface area contributed by atoms with E-state index in [1.54, 1.807) is 0 Å². The zero-order valence-electron chi connectivity index (χ0n) is 12.9. The van der Waals surface area contributed by atoms with Crippen molar-refractivity contribution in [2.75, 3.05) is 13.2 Å².